The van der Waals surface area contributed by atoms with E-state index in [2.05, 4.69) is 31.0 Å². The third-order valence-corrected chi connectivity index (χ3v) is 5.73. The molecule has 0 saturated carbocycles. The molecule has 0 fully saturated rings. The van der Waals surface area contributed by atoms with Crippen molar-refractivity contribution >= 4 is 37.5 Å². The second-order valence-electron chi connectivity index (χ2n) is 5.67. The van der Waals surface area contributed by atoms with Crippen LogP contribution in [0.3, 0.4) is 0 Å². The molecule has 0 bridgehead atoms. The zero-order chi connectivity index (χ0) is 19.3. The van der Waals surface area contributed by atoms with Crippen LogP contribution in [-0.4, -0.2) is 30.4 Å². The predicted molar refractivity (Wildman–Crippen MR) is 106 cm³/mol. The number of amides is 1. The number of sulfonamides is 1. The van der Waals surface area contributed by atoms with E-state index in [1.165, 1.54) is 12.1 Å². The number of benzene rings is 2. The van der Waals surface area contributed by atoms with Gasteiger partial charge in [0, 0.05) is 41.2 Å². The molecule has 1 aromatic heterocycles. The maximum atomic E-state index is 12.2. The standard InChI is InChI=1S/C18H17BrN4O3S/c19-14-1-7-17(8-2-14)27(25,26)21-10-9-18(24)22-15-3-5-16(6-4-15)23-12-11-20-13-23/h1-8,11-13,21H,9-10H2,(H,22,24). The minimum Gasteiger partial charge on any atom is -0.326 e. The lowest BCUT2D eigenvalue weighted by Crippen LogP contribution is -2.27. The van der Waals surface area contributed by atoms with Gasteiger partial charge in [0.15, 0.2) is 0 Å². The number of halogens is 1. The van der Waals surface area contributed by atoms with Gasteiger partial charge in [0.05, 0.1) is 11.2 Å². The van der Waals surface area contributed by atoms with Gasteiger partial charge in [-0.05, 0) is 48.5 Å². The van der Waals surface area contributed by atoms with E-state index in [4.69, 9.17) is 0 Å². The average molecular weight is 449 g/mol. The molecule has 2 N–H and O–H groups in total. The molecule has 0 aliphatic rings. The van der Waals surface area contributed by atoms with Gasteiger partial charge in [-0.25, -0.2) is 18.1 Å². The van der Waals surface area contributed by atoms with Crippen molar-refractivity contribution in [3.63, 3.8) is 0 Å². The maximum Gasteiger partial charge on any atom is 0.240 e. The monoisotopic (exact) mass is 448 g/mol. The lowest BCUT2D eigenvalue weighted by molar-refractivity contribution is -0.116. The molecule has 0 atom stereocenters. The second-order valence-corrected chi connectivity index (χ2v) is 8.35. The third kappa shape index (κ3) is 5.25. The third-order valence-electron chi connectivity index (χ3n) is 3.72. The Kier molecular flexibility index (Phi) is 6.04. The van der Waals surface area contributed by atoms with Crippen LogP contribution in [0.1, 0.15) is 6.42 Å². The molecule has 3 aromatic rings. The first kappa shape index (κ1) is 19.3. The first-order valence-corrected chi connectivity index (χ1v) is 10.4. The van der Waals surface area contributed by atoms with Crippen molar-refractivity contribution < 1.29 is 13.2 Å². The molecule has 0 radical (unpaired) electrons. The van der Waals surface area contributed by atoms with Crippen molar-refractivity contribution in [3.8, 4) is 5.69 Å². The van der Waals surface area contributed by atoms with Crippen LogP contribution in [0.15, 0.2) is 76.6 Å². The molecule has 7 nitrogen and oxygen atoms in total. The number of carbonyl (C=O) groups is 1. The first-order chi connectivity index (χ1) is 12.9. The lowest BCUT2D eigenvalue weighted by atomic mass is 10.2. The van der Waals surface area contributed by atoms with Gasteiger partial charge in [0.25, 0.3) is 0 Å². The summed E-state index contributed by atoms with van der Waals surface area (Å²) in [7, 11) is -3.64. The number of hydrogen-bond donors (Lipinski definition) is 2. The molecule has 0 aliphatic carbocycles. The van der Waals surface area contributed by atoms with Crippen molar-refractivity contribution in [2.75, 3.05) is 11.9 Å². The average Bonchev–Trinajstić information content (AvgIpc) is 3.17. The van der Waals surface area contributed by atoms with E-state index < -0.39 is 10.0 Å². The van der Waals surface area contributed by atoms with Crippen LogP contribution in [0.5, 0.6) is 0 Å². The van der Waals surface area contributed by atoms with Crippen LogP contribution in [-0.2, 0) is 14.8 Å². The number of aromatic nitrogens is 2. The highest BCUT2D eigenvalue weighted by molar-refractivity contribution is 9.10. The van der Waals surface area contributed by atoms with Crippen LogP contribution in [0.25, 0.3) is 5.69 Å². The highest BCUT2D eigenvalue weighted by Crippen LogP contribution is 2.15. The Morgan fingerprint density at radius 2 is 1.78 bits per heavy atom. The van der Waals surface area contributed by atoms with Crippen molar-refractivity contribution in [2.45, 2.75) is 11.3 Å². The van der Waals surface area contributed by atoms with Crippen molar-refractivity contribution in [1.29, 1.82) is 0 Å². The Hall–Kier alpha value is -2.49. The molecule has 1 heterocycles. The molecular formula is C18H17BrN4O3S. The summed E-state index contributed by atoms with van der Waals surface area (Å²) in [6, 6.07) is 13.5. The van der Waals surface area contributed by atoms with Gasteiger partial charge in [-0.2, -0.15) is 0 Å². The van der Waals surface area contributed by atoms with Gasteiger partial charge < -0.3 is 9.88 Å². The summed E-state index contributed by atoms with van der Waals surface area (Å²) in [6.45, 7) is 0.0113. The minimum atomic E-state index is -3.64. The Bertz CT molecular complexity index is 1000. The van der Waals surface area contributed by atoms with Crippen LogP contribution in [0.4, 0.5) is 5.69 Å². The summed E-state index contributed by atoms with van der Waals surface area (Å²) < 4.78 is 29.4. The number of hydrogen-bond acceptors (Lipinski definition) is 4. The zero-order valence-corrected chi connectivity index (χ0v) is 16.6. The number of imidazole rings is 1. The van der Waals surface area contributed by atoms with Crippen LogP contribution in [0.2, 0.25) is 0 Å². The van der Waals surface area contributed by atoms with Gasteiger partial charge in [-0.3, -0.25) is 4.79 Å². The van der Waals surface area contributed by atoms with Gasteiger partial charge in [0.1, 0.15) is 0 Å². The Morgan fingerprint density at radius 3 is 2.41 bits per heavy atom. The number of rotatable bonds is 7. The highest BCUT2D eigenvalue weighted by atomic mass is 79.9. The van der Waals surface area contributed by atoms with Crippen LogP contribution in [0, 0.1) is 0 Å². The molecule has 0 aliphatic heterocycles. The van der Waals surface area contributed by atoms with E-state index in [0.29, 0.717) is 5.69 Å². The fraction of sp³-hybridized carbons (Fsp3) is 0.111. The topological polar surface area (TPSA) is 93.1 Å². The molecule has 3 rings (SSSR count). The smallest absolute Gasteiger partial charge is 0.240 e. The van der Waals surface area contributed by atoms with Gasteiger partial charge in [0.2, 0.25) is 15.9 Å². The van der Waals surface area contributed by atoms with Crippen molar-refractivity contribution in [3.05, 3.63) is 71.7 Å². The summed E-state index contributed by atoms with van der Waals surface area (Å²) in [5.74, 6) is -0.274. The normalized spacial score (nSPS) is 11.3. The SMILES string of the molecule is O=C(CCNS(=O)(=O)c1ccc(Br)cc1)Nc1ccc(-n2ccnc2)cc1. The first-order valence-electron chi connectivity index (χ1n) is 8.07. The molecule has 0 saturated heterocycles. The largest absolute Gasteiger partial charge is 0.326 e. The second kappa shape index (κ2) is 8.47. The molecule has 0 unspecified atom stereocenters. The van der Waals surface area contributed by atoms with E-state index in [-0.39, 0.29) is 23.8 Å². The van der Waals surface area contributed by atoms with E-state index >= 15 is 0 Å². The van der Waals surface area contributed by atoms with E-state index in [1.54, 1.807) is 36.8 Å². The van der Waals surface area contributed by atoms with Crippen LogP contribution < -0.4 is 10.0 Å². The Balaban J connectivity index is 1.50. The Labute approximate surface area is 165 Å². The zero-order valence-electron chi connectivity index (χ0n) is 14.2. The number of anilines is 1. The van der Waals surface area contributed by atoms with Gasteiger partial charge >= 0.3 is 0 Å². The van der Waals surface area contributed by atoms with E-state index in [0.717, 1.165) is 10.2 Å². The van der Waals surface area contributed by atoms with E-state index in [1.807, 2.05) is 22.9 Å². The van der Waals surface area contributed by atoms with E-state index in [9.17, 15) is 13.2 Å². The molecule has 27 heavy (non-hydrogen) atoms. The molecule has 0 spiro atoms. The quantitative estimate of drug-likeness (QED) is 0.580. The molecule has 2 aromatic carbocycles. The molecule has 1 amide bonds. The lowest BCUT2D eigenvalue weighted by Gasteiger charge is -2.09. The minimum absolute atomic E-state index is 0.0113. The molecule has 140 valence electrons. The summed E-state index contributed by atoms with van der Waals surface area (Å²) in [6.07, 6.45) is 5.22. The number of nitrogens with zero attached hydrogens (tertiary/aromatic N) is 2. The summed E-state index contributed by atoms with van der Waals surface area (Å²) in [5, 5.41) is 2.74. The summed E-state index contributed by atoms with van der Waals surface area (Å²) in [5.41, 5.74) is 1.56. The molecule has 9 heteroatoms. The fourth-order valence-corrected chi connectivity index (χ4v) is 3.64. The van der Waals surface area contributed by atoms with Crippen molar-refractivity contribution in [2.24, 2.45) is 0 Å². The Morgan fingerprint density at radius 1 is 1.07 bits per heavy atom. The number of nitrogens with one attached hydrogen (secondary N) is 2. The predicted octanol–water partition coefficient (Wildman–Crippen LogP) is 2.94. The van der Waals surface area contributed by atoms with Crippen LogP contribution >= 0.6 is 15.9 Å². The number of carbonyl (C=O) groups excluding carboxylic acids is 1. The highest BCUT2D eigenvalue weighted by Gasteiger charge is 2.14. The van der Waals surface area contributed by atoms with Gasteiger partial charge in [-0.15, -0.1) is 0 Å². The molecular weight excluding hydrogens is 432 g/mol. The maximum absolute atomic E-state index is 12.2. The van der Waals surface area contributed by atoms with Crippen molar-refractivity contribution in [1.82, 2.24) is 14.3 Å². The summed E-state index contributed by atoms with van der Waals surface area (Å²) >= 11 is 3.26. The van der Waals surface area contributed by atoms with Gasteiger partial charge in [-0.1, -0.05) is 15.9 Å². The summed E-state index contributed by atoms with van der Waals surface area (Å²) in [4.78, 5) is 16.2. The fourth-order valence-electron chi connectivity index (χ4n) is 2.35.